The summed E-state index contributed by atoms with van der Waals surface area (Å²) in [5.41, 5.74) is 0.323. The zero-order valence-electron chi connectivity index (χ0n) is 12.2. The van der Waals surface area contributed by atoms with Crippen LogP contribution in [-0.2, 0) is 16.6 Å². The molecule has 1 aromatic carbocycles. The average Bonchev–Trinajstić information content (AvgIpc) is 2.42. The maximum Gasteiger partial charge on any atom is 0.246 e. The van der Waals surface area contributed by atoms with Crippen molar-refractivity contribution in [1.82, 2.24) is 9.62 Å². The first-order chi connectivity index (χ1) is 9.84. The van der Waals surface area contributed by atoms with E-state index in [9.17, 15) is 12.8 Å². The SMILES string of the molecule is C=CCN(C)S(=O)(=O)c1cc(Br)cc(CNCCC)c1F. The predicted octanol–water partition coefficient (Wildman–Crippen LogP) is 2.89. The van der Waals surface area contributed by atoms with Crippen LogP contribution in [0.3, 0.4) is 0 Å². The summed E-state index contributed by atoms with van der Waals surface area (Å²) in [7, 11) is -2.48. The van der Waals surface area contributed by atoms with Crippen molar-refractivity contribution >= 4 is 26.0 Å². The largest absolute Gasteiger partial charge is 0.313 e. The van der Waals surface area contributed by atoms with Crippen LogP contribution in [0.2, 0.25) is 0 Å². The predicted molar refractivity (Wildman–Crippen MR) is 86.1 cm³/mol. The molecule has 0 unspecified atom stereocenters. The van der Waals surface area contributed by atoms with Crippen LogP contribution in [0.15, 0.2) is 34.2 Å². The Balaban J connectivity index is 3.21. The summed E-state index contributed by atoms with van der Waals surface area (Å²) in [4.78, 5) is -0.325. The van der Waals surface area contributed by atoms with E-state index < -0.39 is 15.8 Å². The lowest BCUT2D eigenvalue weighted by Gasteiger charge is -2.17. The molecular formula is C14H20BrFN2O2S. The van der Waals surface area contributed by atoms with E-state index >= 15 is 0 Å². The summed E-state index contributed by atoms with van der Waals surface area (Å²) in [5, 5.41) is 3.07. The molecule has 0 aliphatic rings. The standard InChI is InChI=1S/C14H20BrFN2O2S/c1-4-6-17-10-11-8-12(15)9-13(14(11)16)21(19,20)18(3)7-5-2/h5,8-9,17H,2,4,6-7,10H2,1,3H3. The molecular weight excluding hydrogens is 359 g/mol. The van der Waals surface area contributed by atoms with E-state index in [0.717, 1.165) is 17.3 Å². The molecule has 7 heteroatoms. The van der Waals surface area contributed by atoms with Crippen LogP contribution >= 0.6 is 15.9 Å². The van der Waals surface area contributed by atoms with Gasteiger partial charge in [-0.3, -0.25) is 0 Å². The zero-order chi connectivity index (χ0) is 16.0. The zero-order valence-corrected chi connectivity index (χ0v) is 14.6. The first kappa shape index (κ1) is 18.3. The smallest absolute Gasteiger partial charge is 0.246 e. The Morgan fingerprint density at radius 3 is 2.71 bits per heavy atom. The third-order valence-corrected chi connectivity index (χ3v) is 5.18. The van der Waals surface area contributed by atoms with E-state index in [1.807, 2.05) is 6.92 Å². The summed E-state index contributed by atoms with van der Waals surface area (Å²) in [5.74, 6) is -0.710. The number of nitrogens with one attached hydrogen (secondary N) is 1. The van der Waals surface area contributed by atoms with Gasteiger partial charge in [-0.15, -0.1) is 6.58 Å². The number of nitrogens with zero attached hydrogens (tertiary/aromatic N) is 1. The lowest BCUT2D eigenvalue weighted by Crippen LogP contribution is -2.28. The molecule has 21 heavy (non-hydrogen) atoms. The first-order valence-corrected chi connectivity index (χ1v) is 8.83. The molecule has 0 saturated carbocycles. The Labute approximate surface area is 134 Å². The number of sulfonamides is 1. The van der Waals surface area contributed by atoms with Crippen molar-refractivity contribution in [2.75, 3.05) is 20.1 Å². The Morgan fingerprint density at radius 2 is 2.14 bits per heavy atom. The van der Waals surface area contributed by atoms with Crippen LogP contribution in [0, 0.1) is 5.82 Å². The molecule has 0 aromatic heterocycles. The van der Waals surface area contributed by atoms with Crippen LogP contribution in [0.25, 0.3) is 0 Å². The topological polar surface area (TPSA) is 49.4 Å². The highest BCUT2D eigenvalue weighted by Crippen LogP contribution is 2.26. The highest BCUT2D eigenvalue weighted by Gasteiger charge is 2.26. The minimum Gasteiger partial charge on any atom is -0.313 e. The van der Waals surface area contributed by atoms with E-state index in [1.54, 1.807) is 6.07 Å². The van der Waals surface area contributed by atoms with Crippen LogP contribution in [-0.4, -0.2) is 32.9 Å². The number of rotatable bonds is 8. The van der Waals surface area contributed by atoms with E-state index in [1.165, 1.54) is 19.2 Å². The minimum absolute atomic E-state index is 0.123. The van der Waals surface area contributed by atoms with Gasteiger partial charge in [-0.25, -0.2) is 12.8 Å². The fraction of sp³-hybridized carbons (Fsp3) is 0.429. The highest BCUT2D eigenvalue weighted by atomic mass is 79.9. The van der Waals surface area contributed by atoms with Crippen molar-refractivity contribution in [1.29, 1.82) is 0 Å². The molecule has 0 aliphatic heterocycles. The number of hydrogen-bond donors (Lipinski definition) is 1. The quantitative estimate of drug-likeness (QED) is 0.558. The van der Waals surface area contributed by atoms with Crippen molar-refractivity contribution < 1.29 is 12.8 Å². The second-order valence-electron chi connectivity index (χ2n) is 4.63. The fourth-order valence-electron chi connectivity index (χ4n) is 1.78. The minimum atomic E-state index is -3.88. The first-order valence-electron chi connectivity index (χ1n) is 6.60. The van der Waals surface area contributed by atoms with E-state index in [0.29, 0.717) is 10.0 Å². The maximum atomic E-state index is 14.5. The van der Waals surface area contributed by atoms with Crippen LogP contribution in [0.5, 0.6) is 0 Å². The molecule has 0 heterocycles. The van der Waals surface area contributed by atoms with Gasteiger partial charge in [0.05, 0.1) is 0 Å². The fourth-order valence-corrected chi connectivity index (χ4v) is 3.71. The summed E-state index contributed by atoms with van der Waals surface area (Å²) < 4.78 is 40.8. The third-order valence-electron chi connectivity index (χ3n) is 2.90. The molecule has 1 rings (SSSR count). The van der Waals surface area contributed by atoms with Crippen molar-refractivity contribution in [2.24, 2.45) is 0 Å². The summed E-state index contributed by atoms with van der Waals surface area (Å²) in [6.45, 7) is 6.65. The maximum absolute atomic E-state index is 14.5. The van der Waals surface area contributed by atoms with Gasteiger partial charge in [0, 0.05) is 30.2 Å². The van der Waals surface area contributed by atoms with Crippen molar-refractivity contribution in [3.63, 3.8) is 0 Å². The molecule has 0 aliphatic carbocycles. The number of likely N-dealkylation sites (N-methyl/N-ethyl adjacent to an activating group) is 1. The number of benzene rings is 1. The monoisotopic (exact) mass is 378 g/mol. The van der Waals surface area contributed by atoms with Crippen LogP contribution < -0.4 is 5.32 Å². The molecule has 1 aromatic rings. The second-order valence-corrected chi connectivity index (χ2v) is 7.56. The normalized spacial score (nSPS) is 11.9. The third kappa shape index (κ3) is 4.60. The van der Waals surface area contributed by atoms with Gasteiger partial charge < -0.3 is 5.32 Å². The Hall–Kier alpha value is -0.760. The molecule has 0 bridgehead atoms. The van der Waals surface area contributed by atoms with Crippen LogP contribution in [0.4, 0.5) is 4.39 Å². The van der Waals surface area contributed by atoms with Crippen molar-refractivity contribution in [3.05, 3.63) is 40.6 Å². The average molecular weight is 379 g/mol. The van der Waals surface area contributed by atoms with E-state index in [-0.39, 0.29) is 18.0 Å². The second kappa shape index (κ2) is 8.03. The van der Waals surface area contributed by atoms with Crippen LogP contribution in [0.1, 0.15) is 18.9 Å². The molecule has 118 valence electrons. The highest BCUT2D eigenvalue weighted by molar-refractivity contribution is 9.10. The van der Waals surface area contributed by atoms with Gasteiger partial charge in [0.2, 0.25) is 10.0 Å². The Bertz CT molecular complexity index is 605. The summed E-state index contributed by atoms with van der Waals surface area (Å²) in [6, 6.07) is 2.87. The Morgan fingerprint density at radius 1 is 1.48 bits per heavy atom. The molecule has 0 atom stereocenters. The molecule has 1 N–H and O–H groups in total. The number of hydrogen-bond acceptors (Lipinski definition) is 3. The van der Waals surface area contributed by atoms with Gasteiger partial charge in [-0.2, -0.15) is 4.31 Å². The molecule has 0 saturated heterocycles. The summed E-state index contributed by atoms with van der Waals surface area (Å²) in [6.07, 6.45) is 2.38. The lowest BCUT2D eigenvalue weighted by molar-refractivity contribution is 0.486. The van der Waals surface area contributed by atoms with Crippen molar-refractivity contribution in [3.8, 4) is 0 Å². The summed E-state index contributed by atoms with van der Waals surface area (Å²) >= 11 is 3.24. The van der Waals surface area contributed by atoms with Gasteiger partial charge in [0.15, 0.2) is 0 Å². The van der Waals surface area contributed by atoms with Crippen molar-refractivity contribution in [2.45, 2.75) is 24.8 Å². The Kier molecular flexibility index (Phi) is 6.99. The van der Waals surface area contributed by atoms with E-state index in [2.05, 4.69) is 27.8 Å². The van der Waals surface area contributed by atoms with E-state index in [4.69, 9.17) is 0 Å². The van der Waals surface area contributed by atoms with Gasteiger partial charge in [0.25, 0.3) is 0 Å². The molecule has 4 nitrogen and oxygen atoms in total. The van der Waals surface area contributed by atoms with Gasteiger partial charge in [-0.1, -0.05) is 28.9 Å². The molecule has 0 amide bonds. The number of halogens is 2. The lowest BCUT2D eigenvalue weighted by atomic mass is 10.2. The van der Waals surface area contributed by atoms with Gasteiger partial charge >= 0.3 is 0 Å². The molecule has 0 spiro atoms. The van der Waals surface area contributed by atoms with Gasteiger partial charge in [0.1, 0.15) is 10.7 Å². The molecule has 0 radical (unpaired) electrons. The van der Waals surface area contributed by atoms with Gasteiger partial charge in [-0.05, 0) is 25.1 Å². The molecule has 0 fully saturated rings.